The fourth-order valence-corrected chi connectivity index (χ4v) is 3.99. The normalized spacial score (nSPS) is 22.8. The zero-order chi connectivity index (χ0) is 20.8. The number of imidazole rings is 1. The molecule has 4 rings (SSSR count). The molecule has 0 bridgehead atoms. The van der Waals surface area contributed by atoms with Crippen LogP contribution in [0.3, 0.4) is 0 Å². The first-order valence-electron chi connectivity index (χ1n) is 10.2. The molecule has 0 saturated carbocycles. The maximum absolute atomic E-state index is 13.0. The lowest BCUT2D eigenvalue weighted by atomic mass is 9.96. The van der Waals surface area contributed by atoms with E-state index in [-0.39, 0.29) is 18.9 Å². The predicted molar refractivity (Wildman–Crippen MR) is 112 cm³/mol. The van der Waals surface area contributed by atoms with E-state index in [0.29, 0.717) is 50.2 Å². The number of ether oxygens (including phenoxy) is 3. The van der Waals surface area contributed by atoms with Crippen LogP contribution in [0.1, 0.15) is 12.1 Å². The lowest BCUT2D eigenvalue weighted by molar-refractivity contribution is -0.159. The Labute approximate surface area is 181 Å². The average Bonchev–Trinajstić information content (AvgIpc) is 3.27. The zero-order valence-electron chi connectivity index (χ0n) is 16.9. The zero-order valence-corrected chi connectivity index (χ0v) is 17.6. The van der Waals surface area contributed by atoms with E-state index in [1.165, 1.54) is 0 Å². The number of morpholine rings is 2. The Bertz CT molecular complexity index is 811. The Hall–Kier alpha value is -2.13. The van der Waals surface area contributed by atoms with E-state index in [2.05, 4.69) is 14.9 Å². The van der Waals surface area contributed by atoms with Crippen molar-refractivity contribution in [1.29, 1.82) is 0 Å². The van der Waals surface area contributed by atoms with E-state index in [9.17, 15) is 4.79 Å². The van der Waals surface area contributed by atoms with Crippen LogP contribution in [0.2, 0.25) is 5.02 Å². The fraction of sp³-hybridized carbons (Fsp3) is 0.524. The number of aromatic amines is 1. The minimum absolute atomic E-state index is 0.0707. The maximum Gasteiger partial charge on any atom is 0.225 e. The van der Waals surface area contributed by atoms with Gasteiger partial charge in [0, 0.05) is 49.6 Å². The molecule has 1 amide bonds. The molecule has 2 fully saturated rings. The van der Waals surface area contributed by atoms with Gasteiger partial charge in [-0.1, -0.05) is 11.6 Å². The van der Waals surface area contributed by atoms with Crippen LogP contribution in [-0.4, -0.2) is 83.9 Å². The molecule has 30 heavy (non-hydrogen) atoms. The van der Waals surface area contributed by atoms with Crippen molar-refractivity contribution in [3.05, 3.63) is 47.5 Å². The second-order valence-corrected chi connectivity index (χ2v) is 8.17. The van der Waals surface area contributed by atoms with E-state index in [4.69, 9.17) is 25.8 Å². The molecule has 2 aliphatic heterocycles. The largest absolute Gasteiger partial charge is 0.491 e. The Balaban J connectivity index is 1.47. The van der Waals surface area contributed by atoms with E-state index < -0.39 is 5.60 Å². The van der Waals surface area contributed by atoms with E-state index in [0.717, 1.165) is 18.8 Å². The van der Waals surface area contributed by atoms with Gasteiger partial charge in [0.2, 0.25) is 5.91 Å². The highest BCUT2D eigenvalue weighted by Gasteiger charge is 2.41. The molecule has 1 atom stereocenters. The first kappa shape index (κ1) is 21.1. The van der Waals surface area contributed by atoms with E-state index in [1.807, 2.05) is 23.2 Å². The van der Waals surface area contributed by atoms with Gasteiger partial charge in [-0.25, -0.2) is 4.98 Å². The molecule has 1 aromatic heterocycles. The third kappa shape index (κ3) is 5.51. The van der Waals surface area contributed by atoms with Crippen LogP contribution < -0.4 is 4.74 Å². The molecule has 162 valence electrons. The van der Waals surface area contributed by atoms with Gasteiger partial charge in [0.15, 0.2) is 0 Å². The lowest BCUT2D eigenvalue weighted by Gasteiger charge is -2.43. The smallest absolute Gasteiger partial charge is 0.225 e. The highest BCUT2D eigenvalue weighted by atomic mass is 35.5. The SMILES string of the molecule is O=C(CC1(COc2ccc(Cl)cc2)CN(Cc2cnc[nH]2)CCO1)N1CCOCC1. The van der Waals surface area contributed by atoms with Gasteiger partial charge in [-0.3, -0.25) is 9.69 Å². The Morgan fingerprint density at radius 1 is 1.20 bits per heavy atom. The number of benzene rings is 1. The van der Waals surface area contributed by atoms with Gasteiger partial charge in [0.1, 0.15) is 18.0 Å². The molecule has 1 unspecified atom stereocenters. The van der Waals surface area contributed by atoms with Crippen molar-refractivity contribution >= 4 is 17.5 Å². The molecule has 1 aromatic carbocycles. The summed E-state index contributed by atoms with van der Waals surface area (Å²) >= 11 is 5.97. The van der Waals surface area contributed by atoms with Crippen LogP contribution >= 0.6 is 11.6 Å². The number of rotatable bonds is 7. The average molecular weight is 435 g/mol. The first-order valence-corrected chi connectivity index (χ1v) is 10.6. The van der Waals surface area contributed by atoms with Crippen molar-refractivity contribution in [3.8, 4) is 5.75 Å². The van der Waals surface area contributed by atoms with Gasteiger partial charge in [0.05, 0.1) is 32.6 Å². The van der Waals surface area contributed by atoms with Crippen LogP contribution in [0, 0.1) is 0 Å². The van der Waals surface area contributed by atoms with Crippen LogP contribution in [0.15, 0.2) is 36.8 Å². The quantitative estimate of drug-likeness (QED) is 0.717. The monoisotopic (exact) mass is 434 g/mol. The van der Waals surface area contributed by atoms with Crippen molar-refractivity contribution < 1.29 is 19.0 Å². The Morgan fingerprint density at radius 2 is 2.00 bits per heavy atom. The second-order valence-electron chi connectivity index (χ2n) is 7.73. The molecular formula is C21H27ClN4O4. The molecule has 0 radical (unpaired) electrons. The van der Waals surface area contributed by atoms with Crippen LogP contribution in [0.25, 0.3) is 0 Å². The fourth-order valence-electron chi connectivity index (χ4n) is 3.86. The second kappa shape index (κ2) is 9.78. The summed E-state index contributed by atoms with van der Waals surface area (Å²) in [6, 6.07) is 7.22. The van der Waals surface area contributed by atoms with Crippen molar-refractivity contribution in [1.82, 2.24) is 19.8 Å². The minimum Gasteiger partial charge on any atom is -0.491 e. The highest BCUT2D eigenvalue weighted by Crippen LogP contribution is 2.27. The summed E-state index contributed by atoms with van der Waals surface area (Å²) in [5.74, 6) is 0.772. The summed E-state index contributed by atoms with van der Waals surface area (Å²) in [7, 11) is 0. The Morgan fingerprint density at radius 3 is 2.73 bits per heavy atom. The third-order valence-electron chi connectivity index (χ3n) is 5.43. The van der Waals surface area contributed by atoms with Gasteiger partial charge in [-0.05, 0) is 24.3 Å². The summed E-state index contributed by atoms with van der Waals surface area (Å²) in [4.78, 5) is 24.4. The number of nitrogens with one attached hydrogen (secondary N) is 1. The molecule has 0 spiro atoms. The van der Waals surface area contributed by atoms with E-state index in [1.54, 1.807) is 18.5 Å². The summed E-state index contributed by atoms with van der Waals surface area (Å²) in [5.41, 5.74) is 0.303. The lowest BCUT2D eigenvalue weighted by Crippen LogP contribution is -2.57. The van der Waals surface area contributed by atoms with Gasteiger partial charge in [0.25, 0.3) is 0 Å². The number of H-pyrrole nitrogens is 1. The molecule has 0 aliphatic carbocycles. The first-order chi connectivity index (χ1) is 14.6. The number of aromatic nitrogens is 2. The number of nitrogens with zero attached hydrogens (tertiary/aromatic N) is 3. The number of carbonyl (C=O) groups excluding carboxylic acids is 1. The molecule has 2 aliphatic rings. The molecule has 9 heteroatoms. The van der Waals surface area contributed by atoms with Crippen LogP contribution in [-0.2, 0) is 20.8 Å². The molecule has 2 aromatic rings. The summed E-state index contributed by atoms with van der Waals surface area (Å²) in [6.45, 7) is 5.30. The van der Waals surface area contributed by atoms with Crippen molar-refractivity contribution in [2.45, 2.75) is 18.6 Å². The van der Waals surface area contributed by atoms with Crippen LogP contribution in [0.4, 0.5) is 0 Å². The highest BCUT2D eigenvalue weighted by molar-refractivity contribution is 6.30. The third-order valence-corrected chi connectivity index (χ3v) is 5.68. The van der Waals surface area contributed by atoms with Crippen molar-refractivity contribution in [2.24, 2.45) is 0 Å². The van der Waals surface area contributed by atoms with E-state index >= 15 is 0 Å². The maximum atomic E-state index is 13.0. The van der Waals surface area contributed by atoms with Crippen molar-refractivity contribution in [3.63, 3.8) is 0 Å². The molecule has 1 N–H and O–H groups in total. The van der Waals surface area contributed by atoms with Gasteiger partial charge < -0.3 is 24.1 Å². The summed E-state index contributed by atoms with van der Waals surface area (Å²) in [5, 5.41) is 0.652. The molecule has 3 heterocycles. The number of halogens is 1. The molecule has 8 nitrogen and oxygen atoms in total. The van der Waals surface area contributed by atoms with Gasteiger partial charge in [-0.2, -0.15) is 0 Å². The summed E-state index contributed by atoms with van der Waals surface area (Å²) < 4.78 is 17.7. The number of amides is 1. The number of carbonyl (C=O) groups is 1. The number of hydrogen-bond acceptors (Lipinski definition) is 6. The Kier molecular flexibility index (Phi) is 6.89. The minimum atomic E-state index is -0.729. The topological polar surface area (TPSA) is 79.9 Å². The summed E-state index contributed by atoms with van der Waals surface area (Å²) in [6.07, 6.45) is 3.76. The van der Waals surface area contributed by atoms with Gasteiger partial charge >= 0.3 is 0 Å². The van der Waals surface area contributed by atoms with Gasteiger partial charge in [-0.15, -0.1) is 0 Å². The number of hydrogen-bond donors (Lipinski definition) is 1. The predicted octanol–water partition coefficient (Wildman–Crippen LogP) is 1.96. The molecule has 2 saturated heterocycles. The standard InChI is InChI=1S/C21H27ClN4O4/c22-17-1-3-19(4-2-17)29-15-21(11-20(27)26-6-8-28-9-7-26)14-25(5-10-30-21)13-18-12-23-16-24-18/h1-4,12,16H,5-11,13-15H2,(H,23,24). The van der Waals surface area contributed by atoms with Crippen LogP contribution in [0.5, 0.6) is 5.75 Å². The van der Waals surface area contributed by atoms with Crippen molar-refractivity contribution in [2.75, 3.05) is 52.6 Å². The molecular weight excluding hydrogens is 408 g/mol.